The van der Waals surface area contributed by atoms with Crippen molar-refractivity contribution in [3.8, 4) is 56.1 Å². The smallest absolute Gasteiger partial charge is 0.0775 e. The second-order valence-electron chi connectivity index (χ2n) is 16.9. The van der Waals surface area contributed by atoms with E-state index in [1.54, 1.807) is 0 Å². The molecular weight excluding hydrogens is 743 g/mol. The summed E-state index contributed by atoms with van der Waals surface area (Å²) in [6.07, 6.45) is 0. The van der Waals surface area contributed by atoms with Crippen LogP contribution in [0.5, 0.6) is 0 Å². The molecule has 0 fully saturated rings. The molecule has 0 atom stereocenters. The van der Waals surface area contributed by atoms with E-state index in [2.05, 4.69) is 223 Å². The maximum atomic E-state index is 5.10. The van der Waals surface area contributed by atoms with Crippen LogP contribution >= 0.6 is 0 Å². The van der Waals surface area contributed by atoms with Gasteiger partial charge in [0.25, 0.3) is 0 Å². The van der Waals surface area contributed by atoms with Gasteiger partial charge in [-0.1, -0.05) is 164 Å². The minimum Gasteiger partial charge on any atom is -0.309 e. The molecule has 0 aliphatic rings. The lowest BCUT2D eigenvalue weighted by Crippen LogP contribution is -2.37. The highest BCUT2D eigenvalue weighted by atomic mass is 28.3. The molecule has 0 aliphatic heterocycles. The largest absolute Gasteiger partial charge is 0.309 e. The van der Waals surface area contributed by atoms with E-state index in [9.17, 15) is 0 Å². The van der Waals surface area contributed by atoms with Gasteiger partial charge in [-0.15, -0.1) is 0 Å². The van der Waals surface area contributed by atoms with Crippen molar-refractivity contribution in [2.24, 2.45) is 0 Å². The third kappa shape index (κ3) is 6.16. The average Bonchev–Trinajstić information content (AvgIpc) is 3.81. The third-order valence-corrected chi connectivity index (χ3v) is 14.2. The standard InChI is InChI=1S/C56H43N3Si/c1-60(2,3)46-30-28-45(29-31-46)59-53-20-12-10-18-47(53)49-32-24-42(37-56(49)59)41-25-33-55-50(34-41)48-19-11-13-21-54(48)58(55)44-26-22-38(23-27-44)43-35-51(39-14-6-4-7-15-39)57-52(36-43)40-16-8-5-9-17-40/h4-37H,1-3H3. The molecule has 0 N–H and O–H groups in total. The predicted molar refractivity (Wildman–Crippen MR) is 258 cm³/mol. The number of hydrogen-bond acceptors (Lipinski definition) is 1. The number of pyridine rings is 1. The van der Waals surface area contributed by atoms with Crippen molar-refractivity contribution < 1.29 is 0 Å². The SMILES string of the molecule is C[Si](C)(C)c1ccc(-n2c3ccccc3c3ccc(-c4ccc5c(c4)c4ccccc4n5-c4ccc(-c5cc(-c6ccccc6)nc(-c6ccccc6)c5)cc4)cc32)cc1. The first-order chi connectivity index (χ1) is 29.4. The van der Waals surface area contributed by atoms with Crippen molar-refractivity contribution in [3.05, 3.63) is 206 Å². The first kappa shape index (κ1) is 35.9. The molecule has 11 rings (SSSR count). The number of fused-ring (bicyclic) bond motifs is 6. The summed E-state index contributed by atoms with van der Waals surface area (Å²) in [5.74, 6) is 0. The molecule has 0 unspecified atom stereocenters. The lowest BCUT2D eigenvalue weighted by Gasteiger charge is -2.17. The molecule has 8 aromatic carbocycles. The molecule has 3 aromatic heterocycles. The summed E-state index contributed by atoms with van der Waals surface area (Å²) in [5.41, 5.74) is 16.0. The van der Waals surface area contributed by atoms with Crippen molar-refractivity contribution in [2.45, 2.75) is 19.6 Å². The Morgan fingerprint density at radius 3 is 1.37 bits per heavy atom. The Morgan fingerprint density at radius 2 is 0.767 bits per heavy atom. The van der Waals surface area contributed by atoms with Crippen LogP contribution in [0.25, 0.3) is 99.8 Å². The lowest BCUT2D eigenvalue weighted by molar-refractivity contribution is 1.18. The minimum atomic E-state index is -1.42. The van der Waals surface area contributed by atoms with Gasteiger partial charge in [0.1, 0.15) is 0 Å². The normalized spacial score (nSPS) is 11.9. The number of aromatic nitrogens is 3. The monoisotopic (exact) mass is 785 g/mol. The van der Waals surface area contributed by atoms with Gasteiger partial charge in [-0.25, -0.2) is 4.98 Å². The van der Waals surface area contributed by atoms with Crippen LogP contribution in [0.3, 0.4) is 0 Å². The summed E-state index contributed by atoms with van der Waals surface area (Å²) in [4.78, 5) is 5.10. The van der Waals surface area contributed by atoms with Gasteiger partial charge in [0.05, 0.1) is 41.5 Å². The molecule has 0 radical (unpaired) electrons. The zero-order chi connectivity index (χ0) is 40.4. The molecule has 60 heavy (non-hydrogen) atoms. The van der Waals surface area contributed by atoms with E-state index in [4.69, 9.17) is 4.98 Å². The van der Waals surface area contributed by atoms with E-state index in [-0.39, 0.29) is 0 Å². The Hall–Kier alpha value is -7.27. The van der Waals surface area contributed by atoms with Crippen LogP contribution in [0.2, 0.25) is 19.6 Å². The van der Waals surface area contributed by atoms with E-state index in [0.29, 0.717) is 0 Å². The highest BCUT2D eigenvalue weighted by molar-refractivity contribution is 6.88. The Kier molecular flexibility index (Phi) is 8.50. The second kappa shape index (κ2) is 14.2. The molecule has 0 saturated carbocycles. The summed E-state index contributed by atoms with van der Waals surface area (Å²) in [5, 5.41) is 6.49. The fourth-order valence-electron chi connectivity index (χ4n) is 8.98. The van der Waals surface area contributed by atoms with Gasteiger partial charge in [0, 0.05) is 44.0 Å². The van der Waals surface area contributed by atoms with E-state index in [1.807, 2.05) is 12.1 Å². The van der Waals surface area contributed by atoms with Crippen LogP contribution in [0.15, 0.2) is 206 Å². The highest BCUT2D eigenvalue weighted by Gasteiger charge is 2.19. The summed E-state index contributed by atoms with van der Waals surface area (Å²) in [7, 11) is -1.42. The van der Waals surface area contributed by atoms with Crippen molar-refractivity contribution in [3.63, 3.8) is 0 Å². The van der Waals surface area contributed by atoms with Crippen LogP contribution in [-0.2, 0) is 0 Å². The van der Waals surface area contributed by atoms with Gasteiger partial charge in [-0.05, 0) is 89.0 Å². The number of nitrogens with zero attached hydrogens (tertiary/aromatic N) is 3. The highest BCUT2D eigenvalue weighted by Crippen LogP contribution is 2.39. The zero-order valence-electron chi connectivity index (χ0n) is 34.0. The van der Waals surface area contributed by atoms with Crippen molar-refractivity contribution >= 4 is 56.9 Å². The fourth-order valence-corrected chi connectivity index (χ4v) is 10.1. The Labute approximate surface area is 351 Å². The first-order valence-corrected chi connectivity index (χ1v) is 24.3. The van der Waals surface area contributed by atoms with Crippen LogP contribution in [0, 0.1) is 0 Å². The molecule has 0 aliphatic carbocycles. The van der Waals surface area contributed by atoms with Crippen LogP contribution in [0.1, 0.15) is 0 Å². The van der Waals surface area contributed by atoms with Crippen LogP contribution in [-0.4, -0.2) is 22.2 Å². The van der Waals surface area contributed by atoms with Gasteiger partial charge < -0.3 is 9.13 Å². The van der Waals surface area contributed by atoms with E-state index >= 15 is 0 Å². The Balaban J connectivity index is 1.00. The molecule has 0 bridgehead atoms. The number of hydrogen-bond donors (Lipinski definition) is 0. The molecule has 3 heterocycles. The van der Waals surface area contributed by atoms with E-state index in [0.717, 1.165) is 39.3 Å². The maximum Gasteiger partial charge on any atom is 0.0775 e. The summed E-state index contributed by atoms with van der Waals surface area (Å²) in [6, 6.07) is 75.1. The van der Waals surface area contributed by atoms with Gasteiger partial charge in [-0.3, -0.25) is 0 Å². The van der Waals surface area contributed by atoms with Gasteiger partial charge in [-0.2, -0.15) is 0 Å². The second-order valence-corrected chi connectivity index (χ2v) is 21.9. The quantitative estimate of drug-likeness (QED) is 0.148. The molecule has 0 saturated heterocycles. The number of benzene rings is 8. The summed E-state index contributed by atoms with van der Waals surface area (Å²) < 4.78 is 4.84. The zero-order valence-corrected chi connectivity index (χ0v) is 35.0. The molecule has 4 heteroatoms. The molecule has 286 valence electrons. The van der Waals surface area contributed by atoms with E-state index in [1.165, 1.54) is 65.6 Å². The topological polar surface area (TPSA) is 22.8 Å². The summed E-state index contributed by atoms with van der Waals surface area (Å²) >= 11 is 0. The van der Waals surface area contributed by atoms with Crippen molar-refractivity contribution in [2.75, 3.05) is 0 Å². The van der Waals surface area contributed by atoms with Gasteiger partial charge >= 0.3 is 0 Å². The minimum absolute atomic E-state index is 0.964. The predicted octanol–water partition coefficient (Wildman–Crippen LogP) is 14.5. The summed E-state index contributed by atoms with van der Waals surface area (Å²) in [6.45, 7) is 7.22. The van der Waals surface area contributed by atoms with Gasteiger partial charge in [0.2, 0.25) is 0 Å². The van der Waals surface area contributed by atoms with Gasteiger partial charge in [0.15, 0.2) is 0 Å². The third-order valence-electron chi connectivity index (χ3n) is 12.1. The van der Waals surface area contributed by atoms with Crippen molar-refractivity contribution in [1.29, 1.82) is 0 Å². The van der Waals surface area contributed by atoms with Crippen LogP contribution in [0.4, 0.5) is 0 Å². The molecule has 0 spiro atoms. The number of rotatable bonds is 7. The number of para-hydroxylation sites is 2. The average molecular weight is 786 g/mol. The lowest BCUT2D eigenvalue weighted by atomic mass is 9.99. The Morgan fingerprint density at radius 1 is 0.317 bits per heavy atom. The Bertz CT molecular complexity index is 3310. The van der Waals surface area contributed by atoms with Crippen molar-refractivity contribution in [1.82, 2.24) is 14.1 Å². The molecule has 11 aromatic rings. The molecule has 0 amide bonds. The fraction of sp³-hybridized carbons (Fsp3) is 0.0536. The molecular formula is C56H43N3Si. The molecule has 3 nitrogen and oxygen atoms in total. The van der Waals surface area contributed by atoms with E-state index < -0.39 is 8.07 Å². The first-order valence-electron chi connectivity index (χ1n) is 20.8. The van der Waals surface area contributed by atoms with Crippen LogP contribution < -0.4 is 5.19 Å². The maximum absolute atomic E-state index is 5.10.